The van der Waals surface area contributed by atoms with E-state index in [9.17, 15) is 17.2 Å². The molecule has 1 unspecified atom stereocenters. The Morgan fingerprint density at radius 1 is 1.09 bits per heavy atom. The van der Waals surface area contributed by atoms with E-state index in [1.165, 1.54) is 0 Å². The van der Waals surface area contributed by atoms with E-state index in [0.717, 1.165) is 50.7 Å². The number of sulfone groups is 1. The van der Waals surface area contributed by atoms with E-state index in [1.54, 1.807) is 12.4 Å². The third kappa shape index (κ3) is 4.45. The van der Waals surface area contributed by atoms with Gasteiger partial charge in [0.05, 0.1) is 30.6 Å². The van der Waals surface area contributed by atoms with Crippen LogP contribution in [0.2, 0.25) is 5.02 Å². The van der Waals surface area contributed by atoms with E-state index in [0.29, 0.717) is 36.0 Å². The van der Waals surface area contributed by atoms with Gasteiger partial charge >= 0.3 is 0 Å². The first-order valence-corrected chi connectivity index (χ1v) is 13.1. The maximum atomic E-state index is 14.3. The molecule has 3 heterocycles. The molecule has 2 aliphatic heterocycles. The van der Waals surface area contributed by atoms with Gasteiger partial charge in [0.15, 0.2) is 16.1 Å². The van der Waals surface area contributed by atoms with Gasteiger partial charge in [0.1, 0.15) is 16.5 Å². The van der Waals surface area contributed by atoms with Crippen molar-refractivity contribution in [3.8, 4) is 0 Å². The summed E-state index contributed by atoms with van der Waals surface area (Å²) in [5, 5.41) is 0.515. The fourth-order valence-corrected chi connectivity index (χ4v) is 6.11. The number of piperidine rings is 1. The minimum atomic E-state index is -4.01. The number of hydrogen-bond acceptors (Lipinski definition) is 7. The smallest absolute Gasteiger partial charge is 0.225 e. The van der Waals surface area contributed by atoms with Crippen LogP contribution in [0.4, 0.5) is 14.7 Å². The van der Waals surface area contributed by atoms with Gasteiger partial charge < -0.3 is 14.4 Å². The van der Waals surface area contributed by atoms with Crippen LogP contribution in [0.3, 0.4) is 0 Å². The SMILES string of the molecule is CS(=O)(=O)c1c(F)cc(C2OCC3(CO2)CC3C2CCN(c3ncc(Cl)cn3)CC2)cc1F. The number of anilines is 1. The average molecular weight is 500 g/mol. The summed E-state index contributed by atoms with van der Waals surface area (Å²) in [6.07, 6.45) is 6.09. The Hall–Kier alpha value is -1.88. The van der Waals surface area contributed by atoms with Crippen LogP contribution in [-0.2, 0) is 19.3 Å². The lowest BCUT2D eigenvalue weighted by Gasteiger charge is -2.35. The Bertz CT molecular complexity index is 1130. The molecule has 1 spiro atoms. The molecule has 0 radical (unpaired) electrons. The third-order valence-electron chi connectivity index (χ3n) is 6.96. The van der Waals surface area contributed by atoms with Gasteiger partial charge in [0, 0.05) is 30.3 Å². The summed E-state index contributed by atoms with van der Waals surface area (Å²) in [7, 11) is -4.01. The van der Waals surface area contributed by atoms with Crippen LogP contribution in [0, 0.1) is 28.9 Å². The molecule has 1 saturated carbocycles. The molecule has 0 bridgehead atoms. The number of benzene rings is 1. The van der Waals surface area contributed by atoms with E-state index in [-0.39, 0.29) is 11.0 Å². The molecule has 0 N–H and O–H groups in total. The summed E-state index contributed by atoms with van der Waals surface area (Å²) in [6, 6.07) is 1.95. The van der Waals surface area contributed by atoms with Crippen LogP contribution in [0.1, 0.15) is 31.1 Å². The molecule has 178 valence electrons. The highest BCUT2D eigenvalue weighted by atomic mass is 35.5. The highest BCUT2D eigenvalue weighted by Gasteiger charge is 2.59. The second-order valence-electron chi connectivity index (χ2n) is 9.24. The first-order chi connectivity index (χ1) is 15.7. The van der Waals surface area contributed by atoms with Gasteiger partial charge in [-0.2, -0.15) is 0 Å². The molecule has 1 aromatic carbocycles. The van der Waals surface area contributed by atoms with E-state index in [1.807, 2.05) is 0 Å². The van der Waals surface area contributed by atoms with Crippen LogP contribution >= 0.6 is 11.6 Å². The van der Waals surface area contributed by atoms with Crippen LogP contribution < -0.4 is 4.90 Å². The van der Waals surface area contributed by atoms with Gasteiger partial charge in [0.2, 0.25) is 5.95 Å². The zero-order valence-electron chi connectivity index (χ0n) is 18.0. The van der Waals surface area contributed by atoms with Gasteiger partial charge in [-0.25, -0.2) is 27.2 Å². The van der Waals surface area contributed by atoms with Crippen molar-refractivity contribution in [2.75, 3.05) is 37.5 Å². The number of rotatable bonds is 4. The van der Waals surface area contributed by atoms with E-state index >= 15 is 0 Å². The van der Waals surface area contributed by atoms with Gasteiger partial charge in [-0.05, 0) is 43.2 Å². The van der Waals surface area contributed by atoms with Crippen molar-refractivity contribution in [2.24, 2.45) is 17.3 Å². The van der Waals surface area contributed by atoms with Crippen LogP contribution in [0.5, 0.6) is 0 Å². The maximum absolute atomic E-state index is 14.3. The Balaban J connectivity index is 1.18. The monoisotopic (exact) mass is 499 g/mol. The van der Waals surface area contributed by atoms with Crippen molar-refractivity contribution < 1.29 is 26.7 Å². The summed E-state index contributed by atoms with van der Waals surface area (Å²) < 4.78 is 63.4. The van der Waals surface area contributed by atoms with Crippen molar-refractivity contribution in [3.05, 3.63) is 46.7 Å². The summed E-state index contributed by atoms with van der Waals surface area (Å²) in [4.78, 5) is 9.82. The molecule has 11 heteroatoms. The lowest BCUT2D eigenvalue weighted by atomic mass is 9.87. The number of ether oxygens (including phenoxy) is 2. The summed E-state index contributed by atoms with van der Waals surface area (Å²) in [5.74, 6) is -0.563. The second-order valence-corrected chi connectivity index (χ2v) is 11.6. The van der Waals surface area contributed by atoms with Gasteiger partial charge in [-0.1, -0.05) is 11.6 Å². The van der Waals surface area contributed by atoms with Crippen LogP contribution in [0.25, 0.3) is 0 Å². The molecule has 1 aliphatic carbocycles. The molecular formula is C22H24ClF2N3O4S. The summed E-state index contributed by atoms with van der Waals surface area (Å²) in [6.45, 7) is 2.63. The van der Waals surface area contributed by atoms with E-state index in [2.05, 4.69) is 14.9 Å². The minimum Gasteiger partial charge on any atom is -0.348 e. The first-order valence-electron chi connectivity index (χ1n) is 10.8. The van der Waals surface area contributed by atoms with Crippen molar-refractivity contribution in [2.45, 2.75) is 30.4 Å². The first kappa shape index (κ1) is 22.9. The predicted octanol–water partition coefficient (Wildman–Crippen LogP) is 3.78. The third-order valence-corrected chi connectivity index (χ3v) is 8.29. The molecule has 1 atom stereocenters. The number of nitrogens with zero attached hydrogens (tertiary/aromatic N) is 3. The molecule has 5 rings (SSSR count). The topological polar surface area (TPSA) is 81.6 Å². The fraction of sp³-hybridized carbons (Fsp3) is 0.545. The Morgan fingerprint density at radius 2 is 1.67 bits per heavy atom. The number of halogens is 3. The van der Waals surface area contributed by atoms with Gasteiger partial charge in [-0.15, -0.1) is 0 Å². The second kappa shape index (κ2) is 8.41. The van der Waals surface area contributed by atoms with Crippen molar-refractivity contribution in [3.63, 3.8) is 0 Å². The summed E-state index contributed by atoms with van der Waals surface area (Å²) >= 11 is 5.87. The number of hydrogen-bond donors (Lipinski definition) is 0. The quantitative estimate of drug-likeness (QED) is 0.633. The molecule has 2 aromatic rings. The average Bonchev–Trinajstić information content (AvgIpc) is 3.46. The molecule has 1 aromatic heterocycles. The highest BCUT2D eigenvalue weighted by molar-refractivity contribution is 7.90. The van der Waals surface area contributed by atoms with E-state index in [4.69, 9.17) is 21.1 Å². The largest absolute Gasteiger partial charge is 0.348 e. The predicted molar refractivity (Wildman–Crippen MR) is 117 cm³/mol. The van der Waals surface area contributed by atoms with Crippen LogP contribution in [-0.4, -0.2) is 50.9 Å². The molecule has 2 saturated heterocycles. The van der Waals surface area contributed by atoms with Crippen molar-refractivity contribution in [1.29, 1.82) is 0 Å². The van der Waals surface area contributed by atoms with Gasteiger partial charge in [-0.3, -0.25) is 0 Å². The molecular weight excluding hydrogens is 476 g/mol. The summed E-state index contributed by atoms with van der Waals surface area (Å²) in [5.41, 5.74) is 0.0740. The standard InChI is InChI=1S/C22H24ClF2N3O4S/c1-33(29,30)19-17(24)6-14(7-18(19)25)20-31-11-22(12-32-20)8-16(22)13-2-4-28(5-3-13)21-26-9-15(23)10-27-21/h6-7,9-10,13,16,20H,2-5,8,11-12H2,1H3. The normalized spacial score (nSPS) is 28.3. The Labute approximate surface area is 196 Å². The Morgan fingerprint density at radius 3 is 2.21 bits per heavy atom. The lowest BCUT2D eigenvalue weighted by molar-refractivity contribution is -0.216. The van der Waals surface area contributed by atoms with E-state index < -0.39 is 32.7 Å². The highest BCUT2D eigenvalue weighted by Crippen LogP contribution is 2.61. The lowest BCUT2D eigenvalue weighted by Crippen LogP contribution is -2.37. The zero-order valence-corrected chi connectivity index (χ0v) is 19.6. The fourth-order valence-electron chi connectivity index (χ4n) is 5.18. The van der Waals surface area contributed by atoms with Crippen molar-refractivity contribution >= 4 is 27.4 Å². The Kier molecular flexibility index (Phi) is 5.83. The number of aromatic nitrogens is 2. The van der Waals surface area contributed by atoms with Gasteiger partial charge in [0.25, 0.3) is 0 Å². The van der Waals surface area contributed by atoms with Crippen LogP contribution in [0.15, 0.2) is 29.4 Å². The molecule has 7 nitrogen and oxygen atoms in total. The zero-order chi connectivity index (χ0) is 23.4. The minimum absolute atomic E-state index is 0.0656. The molecule has 0 amide bonds. The molecule has 33 heavy (non-hydrogen) atoms. The van der Waals surface area contributed by atoms with Crippen molar-refractivity contribution in [1.82, 2.24) is 9.97 Å². The molecule has 3 aliphatic rings. The molecule has 3 fully saturated rings. The maximum Gasteiger partial charge on any atom is 0.225 e.